The van der Waals surface area contributed by atoms with Crippen LogP contribution in [0.2, 0.25) is 5.02 Å². The van der Waals surface area contributed by atoms with Crippen molar-refractivity contribution >= 4 is 17.7 Å². The van der Waals surface area contributed by atoms with E-state index in [1.807, 2.05) is 17.0 Å². The summed E-state index contributed by atoms with van der Waals surface area (Å²) in [6.45, 7) is 8.94. The average Bonchev–Trinajstić information content (AvgIpc) is 2.69. The lowest BCUT2D eigenvalue weighted by atomic mass is 9.87. The van der Waals surface area contributed by atoms with E-state index in [1.165, 1.54) is 18.4 Å². The number of halogens is 1. The maximum atomic E-state index is 12.1. The SMILES string of the molecule is C=CCOC(=O)N1CCC(N2C[C@H](C)CC[C@@H]2Cc2ccc(Cl)cc2)CC1. The van der Waals surface area contributed by atoms with E-state index in [9.17, 15) is 4.79 Å². The van der Waals surface area contributed by atoms with Crippen LogP contribution in [-0.4, -0.2) is 54.2 Å². The first-order valence-electron chi connectivity index (χ1n) is 10.1. The molecule has 2 fully saturated rings. The largest absolute Gasteiger partial charge is 0.445 e. The molecular weight excluding hydrogens is 360 g/mol. The summed E-state index contributed by atoms with van der Waals surface area (Å²) in [5, 5.41) is 0.795. The fourth-order valence-electron chi connectivity index (χ4n) is 4.40. The van der Waals surface area contributed by atoms with Crippen molar-refractivity contribution in [3.63, 3.8) is 0 Å². The Balaban J connectivity index is 1.59. The van der Waals surface area contributed by atoms with E-state index < -0.39 is 0 Å². The third-order valence-electron chi connectivity index (χ3n) is 5.89. The summed E-state index contributed by atoms with van der Waals surface area (Å²) in [4.78, 5) is 16.6. The first-order valence-corrected chi connectivity index (χ1v) is 10.5. The second-order valence-electron chi connectivity index (χ2n) is 7.95. The number of hydrogen-bond donors (Lipinski definition) is 0. The number of likely N-dealkylation sites (tertiary alicyclic amines) is 2. The van der Waals surface area contributed by atoms with E-state index >= 15 is 0 Å². The van der Waals surface area contributed by atoms with Gasteiger partial charge < -0.3 is 9.64 Å². The van der Waals surface area contributed by atoms with Crippen LogP contribution < -0.4 is 0 Å². The molecule has 2 aliphatic rings. The van der Waals surface area contributed by atoms with Crippen LogP contribution in [0.4, 0.5) is 4.79 Å². The van der Waals surface area contributed by atoms with Gasteiger partial charge in [0.05, 0.1) is 0 Å². The Labute approximate surface area is 168 Å². The van der Waals surface area contributed by atoms with Crippen LogP contribution >= 0.6 is 11.6 Å². The van der Waals surface area contributed by atoms with Crippen LogP contribution in [0.25, 0.3) is 0 Å². The van der Waals surface area contributed by atoms with E-state index in [0.29, 0.717) is 12.1 Å². The van der Waals surface area contributed by atoms with Gasteiger partial charge in [0.15, 0.2) is 0 Å². The highest BCUT2D eigenvalue weighted by Crippen LogP contribution is 2.30. The number of amides is 1. The van der Waals surface area contributed by atoms with Gasteiger partial charge in [-0.25, -0.2) is 4.79 Å². The summed E-state index contributed by atoms with van der Waals surface area (Å²) in [6, 6.07) is 9.40. The third kappa shape index (κ3) is 5.49. The van der Waals surface area contributed by atoms with Gasteiger partial charge in [-0.05, 0) is 55.7 Å². The van der Waals surface area contributed by atoms with Gasteiger partial charge in [-0.1, -0.05) is 43.3 Å². The van der Waals surface area contributed by atoms with Gasteiger partial charge in [-0.3, -0.25) is 4.90 Å². The minimum atomic E-state index is -0.210. The van der Waals surface area contributed by atoms with Crippen LogP contribution in [0.15, 0.2) is 36.9 Å². The van der Waals surface area contributed by atoms with Crippen LogP contribution in [0.5, 0.6) is 0 Å². The number of carbonyl (C=O) groups excluding carboxylic acids is 1. The van der Waals surface area contributed by atoms with Gasteiger partial charge in [0.25, 0.3) is 0 Å². The molecule has 4 nitrogen and oxygen atoms in total. The van der Waals surface area contributed by atoms with E-state index in [-0.39, 0.29) is 12.7 Å². The van der Waals surface area contributed by atoms with Crippen molar-refractivity contribution in [1.82, 2.24) is 9.80 Å². The van der Waals surface area contributed by atoms with Gasteiger partial charge in [-0.2, -0.15) is 0 Å². The molecule has 1 amide bonds. The van der Waals surface area contributed by atoms with Crippen molar-refractivity contribution in [2.24, 2.45) is 5.92 Å². The highest BCUT2D eigenvalue weighted by Gasteiger charge is 2.34. The molecule has 2 aliphatic heterocycles. The molecule has 0 unspecified atom stereocenters. The molecule has 0 aromatic heterocycles. The fraction of sp³-hybridized carbons (Fsp3) is 0.591. The Bertz CT molecular complexity index is 626. The topological polar surface area (TPSA) is 32.8 Å². The van der Waals surface area contributed by atoms with E-state index in [2.05, 4.69) is 30.5 Å². The zero-order chi connectivity index (χ0) is 19.2. The van der Waals surface area contributed by atoms with Gasteiger partial charge in [0.1, 0.15) is 6.61 Å². The number of piperidine rings is 2. The molecule has 2 heterocycles. The molecule has 3 rings (SSSR count). The Morgan fingerprint density at radius 3 is 2.59 bits per heavy atom. The van der Waals surface area contributed by atoms with Crippen LogP contribution in [-0.2, 0) is 11.2 Å². The number of ether oxygens (including phenoxy) is 1. The minimum Gasteiger partial charge on any atom is -0.445 e. The maximum absolute atomic E-state index is 12.1. The molecule has 0 N–H and O–H groups in total. The number of benzene rings is 1. The lowest BCUT2D eigenvalue weighted by Crippen LogP contribution is -2.53. The summed E-state index contributed by atoms with van der Waals surface area (Å²) in [5.74, 6) is 0.738. The molecule has 5 heteroatoms. The summed E-state index contributed by atoms with van der Waals surface area (Å²) in [5.41, 5.74) is 1.36. The van der Waals surface area contributed by atoms with E-state index in [4.69, 9.17) is 16.3 Å². The smallest absolute Gasteiger partial charge is 0.410 e. The molecule has 0 bridgehead atoms. The second-order valence-corrected chi connectivity index (χ2v) is 8.38. The number of nitrogens with zero attached hydrogens (tertiary/aromatic N) is 2. The molecule has 0 spiro atoms. The Kier molecular flexibility index (Phi) is 7.20. The molecule has 0 saturated carbocycles. The molecule has 2 atom stereocenters. The predicted molar refractivity (Wildman–Crippen MR) is 110 cm³/mol. The van der Waals surface area contributed by atoms with E-state index in [1.54, 1.807) is 6.08 Å². The molecule has 27 heavy (non-hydrogen) atoms. The van der Waals surface area contributed by atoms with Crippen LogP contribution in [0.3, 0.4) is 0 Å². The van der Waals surface area contributed by atoms with Gasteiger partial charge >= 0.3 is 6.09 Å². The zero-order valence-electron chi connectivity index (χ0n) is 16.3. The quantitative estimate of drug-likeness (QED) is 0.679. The van der Waals surface area contributed by atoms with Crippen LogP contribution in [0.1, 0.15) is 38.2 Å². The zero-order valence-corrected chi connectivity index (χ0v) is 17.0. The Hall–Kier alpha value is -1.52. The Morgan fingerprint density at radius 1 is 1.22 bits per heavy atom. The average molecular weight is 391 g/mol. The molecule has 148 valence electrons. The van der Waals surface area contributed by atoms with Gasteiger partial charge in [0.2, 0.25) is 0 Å². The number of rotatable bonds is 5. The third-order valence-corrected chi connectivity index (χ3v) is 6.14. The summed E-state index contributed by atoms with van der Waals surface area (Å²) in [6.07, 6.45) is 7.05. The normalized spacial score (nSPS) is 24.6. The predicted octanol–water partition coefficient (Wildman–Crippen LogP) is 4.77. The lowest BCUT2D eigenvalue weighted by Gasteiger charge is -2.46. The summed E-state index contributed by atoms with van der Waals surface area (Å²) >= 11 is 6.04. The van der Waals surface area contributed by atoms with Crippen molar-refractivity contribution in [3.05, 3.63) is 47.5 Å². The molecule has 0 aliphatic carbocycles. The fourth-order valence-corrected chi connectivity index (χ4v) is 4.53. The lowest BCUT2D eigenvalue weighted by molar-refractivity contribution is 0.0293. The first-order chi connectivity index (χ1) is 13.1. The minimum absolute atomic E-state index is 0.210. The summed E-state index contributed by atoms with van der Waals surface area (Å²) in [7, 11) is 0. The van der Waals surface area contributed by atoms with Crippen molar-refractivity contribution in [2.75, 3.05) is 26.2 Å². The van der Waals surface area contributed by atoms with Crippen molar-refractivity contribution in [2.45, 2.75) is 51.1 Å². The maximum Gasteiger partial charge on any atom is 0.410 e. The van der Waals surface area contributed by atoms with Crippen molar-refractivity contribution < 1.29 is 9.53 Å². The van der Waals surface area contributed by atoms with Gasteiger partial charge in [-0.15, -0.1) is 0 Å². The highest BCUT2D eigenvalue weighted by molar-refractivity contribution is 6.30. The molecule has 2 saturated heterocycles. The Morgan fingerprint density at radius 2 is 1.93 bits per heavy atom. The number of hydrogen-bond acceptors (Lipinski definition) is 3. The molecule has 0 radical (unpaired) electrons. The molecule has 1 aromatic carbocycles. The van der Waals surface area contributed by atoms with Crippen LogP contribution in [0, 0.1) is 5.92 Å². The van der Waals surface area contributed by atoms with E-state index in [0.717, 1.165) is 49.8 Å². The molecular formula is C22H31ClN2O2. The first kappa shape index (κ1) is 20.2. The second kappa shape index (κ2) is 9.61. The summed E-state index contributed by atoms with van der Waals surface area (Å²) < 4.78 is 5.18. The van der Waals surface area contributed by atoms with Gasteiger partial charge in [0, 0.05) is 36.7 Å². The van der Waals surface area contributed by atoms with Crippen molar-refractivity contribution in [1.29, 1.82) is 0 Å². The van der Waals surface area contributed by atoms with Crippen molar-refractivity contribution in [3.8, 4) is 0 Å². The monoisotopic (exact) mass is 390 g/mol. The molecule has 1 aromatic rings. The highest BCUT2D eigenvalue weighted by atomic mass is 35.5. The number of carbonyl (C=O) groups is 1. The standard InChI is InChI=1S/C22H31ClN2O2/c1-3-14-27-22(26)24-12-10-20(11-13-24)25-16-17(2)4-9-21(25)15-18-5-7-19(23)8-6-18/h3,5-8,17,20-21H,1,4,9-16H2,2H3/t17-,21-/m1/s1.